The van der Waals surface area contributed by atoms with Gasteiger partial charge in [-0.05, 0) is 36.2 Å². The first-order chi connectivity index (χ1) is 11.6. The lowest BCUT2D eigenvalue weighted by Gasteiger charge is -2.33. The van der Waals surface area contributed by atoms with E-state index < -0.39 is 0 Å². The van der Waals surface area contributed by atoms with E-state index >= 15 is 0 Å². The van der Waals surface area contributed by atoms with Gasteiger partial charge in [-0.1, -0.05) is 18.2 Å². The molecule has 0 radical (unpaired) electrons. The van der Waals surface area contributed by atoms with Crippen LogP contribution in [0.4, 0.5) is 5.69 Å². The summed E-state index contributed by atoms with van der Waals surface area (Å²) in [4.78, 5) is 20.9. The molecule has 1 aromatic carbocycles. The molecule has 5 heteroatoms. The molecule has 1 atom stereocenters. The first-order valence-corrected chi connectivity index (χ1v) is 8.61. The molecule has 2 N–H and O–H groups in total. The molecule has 0 saturated carbocycles. The van der Waals surface area contributed by atoms with E-state index in [1.165, 1.54) is 4.88 Å². The summed E-state index contributed by atoms with van der Waals surface area (Å²) in [5, 5.41) is 0. The molecule has 2 aromatic heterocycles. The summed E-state index contributed by atoms with van der Waals surface area (Å²) in [5.41, 5.74) is 9.42. The normalized spacial score (nSPS) is 17.0. The van der Waals surface area contributed by atoms with Gasteiger partial charge in [0.1, 0.15) is 0 Å². The van der Waals surface area contributed by atoms with Crippen LogP contribution in [0, 0.1) is 0 Å². The zero-order valence-corrected chi connectivity index (χ0v) is 14.1. The summed E-state index contributed by atoms with van der Waals surface area (Å²) in [5.74, 6) is 0.0856. The highest BCUT2D eigenvalue weighted by Gasteiger charge is 2.31. The Morgan fingerprint density at radius 3 is 2.88 bits per heavy atom. The Hall–Kier alpha value is -2.66. The maximum absolute atomic E-state index is 12.6. The van der Waals surface area contributed by atoms with Crippen molar-refractivity contribution < 1.29 is 4.79 Å². The monoisotopic (exact) mass is 335 g/mol. The highest BCUT2D eigenvalue weighted by molar-refractivity contribution is 7.15. The van der Waals surface area contributed by atoms with Crippen LogP contribution in [0.2, 0.25) is 0 Å². The lowest BCUT2D eigenvalue weighted by molar-refractivity contribution is 0.0708. The van der Waals surface area contributed by atoms with E-state index in [0.29, 0.717) is 5.69 Å². The Morgan fingerprint density at radius 2 is 2.04 bits per heavy atom. The van der Waals surface area contributed by atoms with Crippen molar-refractivity contribution in [1.82, 2.24) is 9.88 Å². The van der Waals surface area contributed by atoms with Crippen molar-refractivity contribution in [2.24, 2.45) is 0 Å². The largest absolute Gasteiger partial charge is 0.397 e. The Kier molecular flexibility index (Phi) is 3.58. The van der Waals surface area contributed by atoms with Gasteiger partial charge in [0.25, 0.3) is 5.91 Å². The quantitative estimate of drug-likeness (QED) is 0.776. The highest BCUT2D eigenvalue weighted by Crippen LogP contribution is 2.38. The van der Waals surface area contributed by atoms with E-state index in [-0.39, 0.29) is 11.9 Å². The highest BCUT2D eigenvalue weighted by atomic mass is 32.1. The van der Waals surface area contributed by atoms with Gasteiger partial charge in [-0.15, -0.1) is 11.3 Å². The van der Waals surface area contributed by atoms with Gasteiger partial charge >= 0.3 is 0 Å². The van der Waals surface area contributed by atoms with E-state index in [2.05, 4.69) is 17.1 Å². The number of anilines is 1. The number of nitrogens with zero attached hydrogens (tertiary/aromatic N) is 2. The SMILES string of the molecule is CN1C(=O)c2ccccc2CC1c1ccc(-c2cncc(N)c2)s1. The van der Waals surface area contributed by atoms with Crippen LogP contribution < -0.4 is 5.73 Å². The molecule has 4 nitrogen and oxygen atoms in total. The Labute approximate surface area is 144 Å². The fourth-order valence-electron chi connectivity index (χ4n) is 3.15. The fourth-order valence-corrected chi connectivity index (χ4v) is 4.29. The maximum atomic E-state index is 12.6. The van der Waals surface area contributed by atoms with Crippen LogP contribution in [-0.4, -0.2) is 22.8 Å². The predicted octanol–water partition coefficient (Wildman–Crippen LogP) is 3.76. The molecule has 0 fully saturated rings. The standard InChI is InChI=1S/C19H17N3OS/c1-22-16(9-12-4-2-3-5-15(12)19(22)23)18-7-6-17(24-18)13-8-14(20)11-21-10-13/h2-8,10-11,16H,9,20H2,1H3. The summed E-state index contributed by atoms with van der Waals surface area (Å²) in [7, 11) is 1.88. The Bertz CT molecular complexity index is 918. The summed E-state index contributed by atoms with van der Waals surface area (Å²) >= 11 is 1.69. The number of likely N-dealkylation sites (N-methyl/N-ethyl adjacent to an activating group) is 1. The van der Waals surface area contributed by atoms with E-state index in [1.807, 2.05) is 48.5 Å². The Balaban J connectivity index is 1.69. The van der Waals surface area contributed by atoms with Crippen molar-refractivity contribution in [2.45, 2.75) is 12.5 Å². The number of rotatable bonds is 2. The van der Waals surface area contributed by atoms with Crippen molar-refractivity contribution in [3.8, 4) is 10.4 Å². The van der Waals surface area contributed by atoms with Crippen LogP contribution in [0.1, 0.15) is 26.8 Å². The molecule has 0 spiro atoms. The van der Waals surface area contributed by atoms with E-state index in [9.17, 15) is 4.79 Å². The van der Waals surface area contributed by atoms with E-state index in [0.717, 1.165) is 28.0 Å². The van der Waals surface area contributed by atoms with Crippen molar-refractivity contribution >= 4 is 22.9 Å². The van der Waals surface area contributed by atoms with Crippen LogP contribution in [0.5, 0.6) is 0 Å². The van der Waals surface area contributed by atoms with Gasteiger partial charge in [-0.2, -0.15) is 0 Å². The zero-order chi connectivity index (χ0) is 16.7. The number of pyridine rings is 1. The predicted molar refractivity (Wildman–Crippen MR) is 96.9 cm³/mol. The van der Waals surface area contributed by atoms with Crippen molar-refractivity contribution in [3.05, 3.63) is 70.9 Å². The average Bonchev–Trinajstić information content (AvgIpc) is 3.08. The van der Waals surface area contributed by atoms with Crippen molar-refractivity contribution in [1.29, 1.82) is 0 Å². The molecule has 1 unspecified atom stereocenters. The third kappa shape index (κ3) is 2.47. The number of nitrogens with two attached hydrogens (primary N) is 1. The van der Waals surface area contributed by atoms with Crippen molar-refractivity contribution in [3.63, 3.8) is 0 Å². The molecule has 4 rings (SSSR count). The molecule has 1 aliphatic rings. The average molecular weight is 335 g/mol. The molecular weight excluding hydrogens is 318 g/mol. The lowest BCUT2D eigenvalue weighted by atomic mass is 9.93. The third-order valence-corrected chi connectivity index (χ3v) is 5.68. The smallest absolute Gasteiger partial charge is 0.254 e. The summed E-state index contributed by atoms with van der Waals surface area (Å²) in [6.07, 6.45) is 4.30. The molecule has 1 aliphatic heterocycles. The third-order valence-electron chi connectivity index (χ3n) is 4.45. The number of hydrogen-bond acceptors (Lipinski definition) is 4. The van der Waals surface area contributed by atoms with E-state index in [4.69, 9.17) is 5.73 Å². The van der Waals surface area contributed by atoms with Gasteiger partial charge in [0.05, 0.1) is 11.7 Å². The molecule has 3 aromatic rings. The molecule has 0 bridgehead atoms. The molecule has 0 aliphatic carbocycles. The Morgan fingerprint density at radius 1 is 1.21 bits per heavy atom. The molecular formula is C19H17N3OS. The second-order valence-corrected chi connectivity index (χ2v) is 7.12. The number of carbonyl (C=O) groups excluding carboxylic acids is 1. The number of nitrogen functional groups attached to an aromatic ring is 1. The number of thiophene rings is 1. The molecule has 120 valence electrons. The van der Waals surface area contributed by atoms with Crippen LogP contribution >= 0.6 is 11.3 Å². The van der Waals surface area contributed by atoms with Crippen molar-refractivity contribution in [2.75, 3.05) is 12.8 Å². The fraction of sp³-hybridized carbons (Fsp3) is 0.158. The number of benzene rings is 1. The van der Waals surface area contributed by atoms with Crippen LogP contribution in [0.3, 0.4) is 0 Å². The molecule has 3 heterocycles. The second-order valence-electron chi connectivity index (χ2n) is 6.00. The first kappa shape index (κ1) is 14.9. The molecule has 1 amide bonds. The van der Waals surface area contributed by atoms with Crippen LogP contribution in [-0.2, 0) is 6.42 Å². The number of fused-ring (bicyclic) bond motifs is 1. The van der Waals surface area contributed by atoms with Gasteiger partial charge < -0.3 is 10.6 Å². The van der Waals surface area contributed by atoms with Crippen LogP contribution in [0.15, 0.2) is 54.9 Å². The van der Waals surface area contributed by atoms with Gasteiger partial charge in [0.2, 0.25) is 0 Å². The number of amides is 1. The van der Waals surface area contributed by atoms with Gasteiger partial charge in [0.15, 0.2) is 0 Å². The zero-order valence-electron chi connectivity index (χ0n) is 13.3. The summed E-state index contributed by atoms with van der Waals surface area (Å²) in [6.45, 7) is 0. The number of hydrogen-bond donors (Lipinski definition) is 1. The van der Waals surface area contributed by atoms with Crippen LogP contribution in [0.25, 0.3) is 10.4 Å². The van der Waals surface area contributed by atoms with Gasteiger partial charge in [0, 0.05) is 40.3 Å². The lowest BCUT2D eigenvalue weighted by Crippen LogP contribution is -2.36. The topological polar surface area (TPSA) is 59.2 Å². The molecule has 24 heavy (non-hydrogen) atoms. The minimum Gasteiger partial charge on any atom is -0.397 e. The minimum absolute atomic E-state index is 0.0696. The minimum atomic E-state index is 0.0696. The summed E-state index contributed by atoms with van der Waals surface area (Å²) in [6, 6.07) is 14.0. The molecule has 0 saturated heterocycles. The van der Waals surface area contributed by atoms with E-state index in [1.54, 1.807) is 17.5 Å². The summed E-state index contributed by atoms with van der Waals surface area (Å²) < 4.78 is 0. The second kappa shape index (κ2) is 5.76. The van der Waals surface area contributed by atoms with Gasteiger partial charge in [-0.25, -0.2) is 0 Å². The number of carbonyl (C=O) groups is 1. The van der Waals surface area contributed by atoms with Gasteiger partial charge in [-0.3, -0.25) is 9.78 Å². The number of aromatic nitrogens is 1. The maximum Gasteiger partial charge on any atom is 0.254 e. The first-order valence-electron chi connectivity index (χ1n) is 7.79.